The van der Waals surface area contributed by atoms with E-state index in [4.69, 9.17) is 9.47 Å². The quantitative estimate of drug-likeness (QED) is 0.301. The van der Waals surface area contributed by atoms with Crippen molar-refractivity contribution < 1.29 is 23.0 Å². The molecule has 1 aromatic carbocycles. The molecule has 1 N–H and O–H groups in total. The van der Waals surface area contributed by atoms with E-state index in [0.717, 1.165) is 38.2 Å². The Morgan fingerprint density at radius 3 is 2.62 bits per heavy atom. The number of esters is 1. The third-order valence-electron chi connectivity index (χ3n) is 5.67. The van der Waals surface area contributed by atoms with Crippen LogP contribution in [0.5, 0.6) is 0 Å². The van der Waals surface area contributed by atoms with Crippen LogP contribution in [-0.4, -0.2) is 68.4 Å². The number of carbonyl (C=O) groups is 1. The van der Waals surface area contributed by atoms with E-state index < -0.39 is 25.7 Å². The van der Waals surface area contributed by atoms with Gasteiger partial charge in [-0.3, -0.25) is 4.57 Å². The Bertz CT molecular complexity index is 940. The van der Waals surface area contributed by atoms with E-state index in [1.54, 1.807) is 4.57 Å². The van der Waals surface area contributed by atoms with Crippen molar-refractivity contribution in [2.24, 2.45) is 0 Å². The van der Waals surface area contributed by atoms with Gasteiger partial charge in [0.15, 0.2) is 11.6 Å². The molecule has 0 saturated carbocycles. The maximum Gasteiger partial charge on any atom is 0.340 e. The Morgan fingerprint density at radius 1 is 1.25 bits per heavy atom. The molecular weight excluding hydrogens is 434 g/mol. The Hall–Kier alpha value is -2.04. The molecule has 0 aliphatic carbocycles. The second kappa shape index (κ2) is 10.7. The van der Waals surface area contributed by atoms with Gasteiger partial charge in [-0.25, -0.2) is 18.6 Å². The summed E-state index contributed by atoms with van der Waals surface area (Å²) in [6.45, 7) is 11.2. The van der Waals surface area contributed by atoms with Crippen LogP contribution in [0.3, 0.4) is 0 Å². The molecule has 7 nitrogen and oxygen atoms in total. The van der Waals surface area contributed by atoms with E-state index >= 15 is 0 Å². The Morgan fingerprint density at radius 2 is 1.97 bits per heavy atom. The van der Waals surface area contributed by atoms with Crippen LogP contribution in [0.2, 0.25) is 25.7 Å². The highest BCUT2D eigenvalue weighted by molar-refractivity contribution is 6.76. The van der Waals surface area contributed by atoms with Crippen LogP contribution in [0.15, 0.2) is 6.07 Å². The number of halogens is 2. The lowest BCUT2D eigenvalue weighted by molar-refractivity contribution is 0.0600. The van der Waals surface area contributed by atoms with Gasteiger partial charge in [-0.2, -0.15) is 0 Å². The van der Waals surface area contributed by atoms with Crippen molar-refractivity contribution in [2.75, 3.05) is 45.2 Å². The number of hydrogen-bond donors (Lipinski definition) is 1. The van der Waals surface area contributed by atoms with Crippen LogP contribution in [0, 0.1) is 11.6 Å². The largest absolute Gasteiger partial charge is 0.465 e. The van der Waals surface area contributed by atoms with E-state index in [0.29, 0.717) is 19.1 Å². The number of methoxy groups -OCH3 is 1. The molecule has 0 unspecified atom stereocenters. The molecule has 1 aliphatic heterocycles. The van der Waals surface area contributed by atoms with Crippen molar-refractivity contribution in [1.82, 2.24) is 14.5 Å². The minimum atomic E-state index is -1.29. The van der Waals surface area contributed by atoms with E-state index in [1.807, 2.05) is 0 Å². The standard InChI is InChI=1S/C22H34F2N4O3Si/c1-30-21(29)16-14-17(23)18(24)19-20(16)28(15-31-12-13-32(2,3)4)22(26-19)25-8-7-11-27-9-5-6-10-27/h14H,5-13,15H2,1-4H3,(H,25,26). The maximum absolute atomic E-state index is 14.6. The fourth-order valence-electron chi connectivity index (χ4n) is 3.82. The number of aromatic nitrogens is 2. The minimum absolute atomic E-state index is 0.0739. The molecule has 1 fully saturated rings. The number of imidazole rings is 1. The third kappa shape index (κ3) is 6.05. The third-order valence-corrected chi connectivity index (χ3v) is 7.37. The van der Waals surface area contributed by atoms with Gasteiger partial charge in [0.2, 0.25) is 5.95 Å². The number of nitrogens with one attached hydrogen (secondary N) is 1. The van der Waals surface area contributed by atoms with Gasteiger partial charge in [0.25, 0.3) is 0 Å². The second-order valence-electron chi connectivity index (χ2n) is 9.45. The zero-order chi connectivity index (χ0) is 23.3. The summed E-state index contributed by atoms with van der Waals surface area (Å²) in [6, 6.07) is 1.83. The van der Waals surface area contributed by atoms with Gasteiger partial charge >= 0.3 is 5.97 Å². The van der Waals surface area contributed by atoms with Crippen LogP contribution < -0.4 is 5.32 Å². The lowest BCUT2D eigenvalue weighted by Gasteiger charge is -2.17. The normalized spacial score (nSPS) is 14.9. The van der Waals surface area contributed by atoms with Gasteiger partial charge in [0.1, 0.15) is 12.2 Å². The number of carbonyl (C=O) groups excluding carboxylic acids is 1. The fraction of sp³-hybridized carbons (Fsp3) is 0.636. The summed E-state index contributed by atoms with van der Waals surface area (Å²) < 4.78 is 41.1. The van der Waals surface area contributed by atoms with E-state index in [-0.39, 0.29) is 23.3 Å². The number of hydrogen-bond acceptors (Lipinski definition) is 6. The molecule has 2 heterocycles. The number of fused-ring (bicyclic) bond motifs is 1. The highest BCUT2D eigenvalue weighted by Crippen LogP contribution is 2.28. The first kappa shape index (κ1) is 24.6. The maximum atomic E-state index is 14.6. The SMILES string of the molecule is COC(=O)c1cc(F)c(F)c2nc(NCCCN3CCCC3)n(COCC[Si](C)(C)C)c12. The summed E-state index contributed by atoms with van der Waals surface area (Å²) in [7, 11) is -0.0839. The number of likely N-dealkylation sites (tertiary alicyclic amines) is 1. The molecule has 1 saturated heterocycles. The number of benzene rings is 1. The van der Waals surface area contributed by atoms with Gasteiger partial charge < -0.3 is 19.7 Å². The number of nitrogens with zero attached hydrogens (tertiary/aromatic N) is 3. The van der Waals surface area contributed by atoms with Crippen molar-refractivity contribution in [3.63, 3.8) is 0 Å². The summed E-state index contributed by atoms with van der Waals surface area (Å²) in [5.41, 5.74) is -0.111. The van der Waals surface area contributed by atoms with Gasteiger partial charge in [-0.15, -0.1) is 0 Å². The van der Waals surface area contributed by atoms with Crippen molar-refractivity contribution in [1.29, 1.82) is 0 Å². The summed E-state index contributed by atoms with van der Waals surface area (Å²) in [4.78, 5) is 19.0. The van der Waals surface area contributed by atoms with Crippen LogP contribution in [0.1, 0.15) is 29.6 Å². The first-order valence-electron chi connectivity index (χ1n) is 11.2. The predicted octanol–water partition coefficient (Wildman–Crippen LogP) is 4.31. The Balaban J connectivity index is 1.85. The number of ether oxygens (including phenoxy) is 2. The molecule has 0 spiro atoms. The second-order valence-corrected chi connectivity index (χ2v) is 15.1. The van der Waals surface area contributed by atoms with E-state index in [2.05, 4.69) is 34.8 Å². The van der Waals surface area contributed by atoms with E-state index in [1.165, 1.54) is 20.0 Å². The molecule has 10 heteroatoms. The Kier molecular flexibility index (Phi) is 8.24. The smallest absolute Gasteiger partial charge is 0.340 e. The van der Waals surface area contributed by atoms with Crippen LogP contribution >= 0.6 is 0 Å². The zero-order valence-corrected chi connectivity index (χ0v) is 20.5. The summed E-state index contributed by atoms with van der Waals surface area (Å²) in [5, 5.41) is 3.23. The van der Waals surface area contributed by atoms with Crippen LogP contribution in [0.25, 0.3) is 11.0 Å². The molecule has 1 aliphatic rings. The average molecular weight is 469 g/mol. The monoisotopic (exact) mass is 468 g/mol. The minimum Gasteiger partial charge on any atom is -0.465 e. The highest BCUT2D eigenvalue weighted by atomic mass is 28.3. The molecule has 32 heavy (non-hydrogen) atoms. The predicted molar refractivity (Wildman–Crippen MR) is 124 cm³/mol. The van der Waals surface area contributed by atoms with Gasteiger partial charge in [0, 0.05) is 21.2 Å². The summed E-state index contributed by atoms with van der Waals surface area (Å²) in [5.74, 6) is -2.63. The molecular formula is C22H34F2N4O3Si. The Labute approximate surface area is 189 Å². The van der Waals surface area contributed by atoms with Crippen LogP contribution in [0.4, 0.5) is 14.7 Å². The highest BCUT2D eigenvalue weighted by Gasteiger charge is 2.25. The molecule has 1 aromatic heterocycles. The lowest BCUT2D eigenvalue weighted by Crippen LogP contribution is -2.23. The van der Waals surface area contributed by atoms with Gasteiger partial charge in [-0.1, -0.05) is 19.6 Å². The molecule has 178 valence electrons. The van der Waals surface area contributed by atoms with Gasteiger partial charge in [-0.05, 0) is 51.0 Å². The molecule has 2 aromatic rings. The molecule has 0 amide bonds. The first-order chi connectivity index (χ1) is 15.2. The van der Waals surface area contributed by atoms with Crippen molar-refractivity contribution in [2.45, 2.75) is 51.7 Å². The molecule has 0 radical (unpaired) electrons. The van der Waals surface area contributed by atoms with Crippen molar-refractivity contribution in [3.05, 3.63) is 23.3 Å². The van der Waals surface area contributed by atoms with E-state index in [9.17, 15) is 13.6 Å². The molecule has 3 rings (SSSR count). The van der Waals surface area contributed by atoms with Gasteiger partial charge in [0.05, 0.1) is 18.2 Å². The zero-order valence-electron chi connectivity index (χ0n) is 19.5. The van der Waals surface area contributed by atoms with Crippen molar-refractivity contribution >= 4 is 31.0 Å². The first-order valence-corrected chi connectivity index (χ1v) is 14.9. The lowest BCUT2D eigenvalue weighted by atomic mass is 10.1. The summed E-state index contributed by atoms with van der Waals surface area (Å²) >= 11 is 0. The number of anilines is 1. The van der Waals surface area contributed by atoms with Crippen molar-refractivity contribution in [3.8, 4) is 0 Å². The fourth-order valence-corrected chi connectivity index (χ4v) is 4.58. The molecule has 0 atom stereocenters. The molecule has 0 bridgehead atoms. The topological polar surface area (TPSA) is 68.6 Å². The average Bonchev–Trinajstić information content (AvgIpc) is 3.38. The van der Waals surface area contributed by atoms with Crippen LogP contribution in [-0.2, 0) is 16.2 Å². The number of rotatable bonds is 11. The summed E-state index contributed by atoms with van der Waals surface area (Å²) in [6.07, 6.45) is 3.36.